The highest BCUT2D eigenvalue weighted by Gasteiger charge is 2.31. The molecule has 0 radical (unpaired) electrons. The molecule has 0 spiro atoms. The summed E-state index contributed by atoms with van der Waals surface area (Å²) in [4.78, 5) is 28.0. The number of aryl methyl sites for hydroxylation is 3. The number of carbonyl (C=O) groups excluding carboxylic acids is 2. The van der Waals surface area contributed by atoms with Crippen LogP contribution in [-0.4, -0.2) is 49.5 Å². The first-order chi connectivity index (χ1) is 15.6. The Hall–Kier alpha value is -2.87. The van der Waals surface area contributed by atoms with E-state index in [4.69, 9.17) is 0 Å². The smallest absolute Gasteiger partial charge is 0.244 e. The Balaban J connectivity index is 2.43. The number of rotatable bonds is 8. The van der Waals surface area contributed by atoms with Crippen LogP contribution in [0, 0.1) is 20.8 Å². The Bertz CT molecular complexity index is 1140. The Morgan fingerprint density at radius 1 is 0.971 bits per heavy atom. The molecule has 34 heavy (non-hydrogen) atoms. The Labute approximate surface area is 204 Å². The number of sulfonamides is 1. The van der Waals surface area contributed by atoms with E-state index in [9.17, 15) is 18.0 Å². The minimum Gasteiger partial charge on any atom is -0.350 e. The molecular formula is C26H37N3O4S. The number of hydrogen-bond donors (Lipinski definition) is 1. The molecule has 2 aromatic rings. The van der Waals surface area contributed by atoms with Gasteiger partial charge in [-0.05, 0) is 65.7 Å². The number of anilines is 1. The highest BCUT2D eigenvalue weighted by molar-refractivity contribution is 7.92. The average molecular weight is 488 g/mol. The third-order valence-electron chi connectivity index (χ3n) is 5.44. The lowest BCUT2D eigenvalue weighted by atomic mass is 10.1. The van der Waals surface area contributed by atoms with Crippen LogP contribution in [0.3, 0.4) is 0 Å². The third-order valence-corrected chi connectivity index (χ3v) is 6.57. The topological polar surface area (TPSA) is 86.8 Å². The highest BCUT2D eigenvalue weighted by Crippen LogP contribution is 2.24. The summed E-state index contributed by atoms with van der Waals surface area (Å²) in [6.45, 7) is 12.8. The largest absolute Gasteiger partial charge is 0.350 e. The average Bonchev–Trinajstić information content (AvgIpc) is 2.69. The van der Waals surface area contributed by atoms with Crippen molar-refractivity contribution in [3.05, 3.63) is 64.7 Å². The highest BCUT2D eigenvalue weighted by atomic mass is 32.2. The van der Waals surface area contributed by atoms with Crippen molar-refractivity contribution in [3.8, 4) is 0 Å². The molecule has 2 amide bonds. The number of benzene rings is 2. The number of carbonyl (C=O) groups is 2. The first kappa shape index (κ1) is 27.4. The van der Waals surface area contributed by atoms with E-state index < -0.39 is 34.1 Å². The summed E-state index contributed by atoms with van der Waals surface area (Å²) in [6.07, 6.45) is 1.08. The molecule has 1 atom stereocenters. The summed E-state index contributed by atoms with van der Waals surface area (Å²) in [5.41, 5.74) is 3.66. The van der Waals surface area contributed by atoms with Crippen LogP contribution < -0.4 is 9.62 Å². The zero-order valence-corrected chi connectivity index (χ0v) is 22.3. The lowest BCUT2D eigenvalue weighted by Crippen LogP contribution is -2.54. The van der Waals surface area contributed by atoms with E-state index >= 15 is 0 Å². The Morgan fingerprint density at radius 2 is 1.53 bits per heavy atom. The number of hydrogen-bond acceptors (Lipinski definition) is 4. The van der Waals surface area contributed by atoms with Crippen LogP contribution in [0.4, 0.5) is 5.69 Å². The van der Waals surface area contributed by atoms with Crippen LogP contribution >= 0.6 is 0 Å². The minimum atomic E-state index is -3.75. The normalized spacial score (nSPS) is 12.7. The molecule has 1 N–H and O–H groups in total. The van der Waals surface area contributed by atoms with Gasteiger partial charge < -0.3 is 10.2 Å². The van der Waals surface area contributed by atoms with Crippen molar-refractivity contribution < 1.29 is 18.0 Å². The van der Waals surface area contributed by atoms with Gasteiger partial charge in [-0.1, -0.05) is 47.5 Å². The molecule has 0 fully saturated rings. The van der Waals surface area contributed by atoms with E-state index in [0.29, 0.717) is 5.69 Å². The molecule has 7 nitrogen and oxygen atoms in total. The molecule has 0 saturated heterocycles. The quantitative estimate of drug-likeness (QED) is 0.615. The van der Waals surface area contributed by atoms with Crippen LogP contribution in [0.1, 0.15) is 49.9 Å². The van der Waals surface area contributed by atoms with Gasteiger partial charge in [-0.25, -0.2) is 8.42 Å². The molecule has 186 valence electrons. The van der Waals surface area contributed by atoms with Crippen molar-refractivity contribution in [3.63, 3.8) is 0 Å². The van der Waals surface area contributed by atoms with Crippen LogP contribution in [0.15, 0.2) is 42.5 Å². The molecule has 8 heteroatoms. The van der Waals surface area contributed by atoms with Crippen LogP contribution in [0.25, 0.3) is 0 Å². The summed E-state index contributed by atoms with van der Waals surface area (Å²) in [5, 5.41) is 2.92. The maximum absolute atomic E-state index is 13.6. The molecule has 1 unspecified atom stereocenters. The standard InChI is InChI=1S/C26H37N3O4S/c1-18-9-12-22(13-10-18)16-28(21(4)25(31)27-26(5,6)7)24(30)17-29(34(8,32)33)23-14-11-19(2)15-20(23)3/h9-15,21H,16-17H2,1-8H3,(H,27,31). The zero-order valence-electron chi connectivity index (χ0n) is 21.5. The predicted molar refractivity (Wildman–Crippen MR) is 137 cm³/mol. The lowest BCUT2D eigenvalue weighted by Gasteiger charge is -2.33. The second-order valence-electron chi connectivity index (χ2n) is 9.98. The molecule has 0 saturated carbocycles. The van der Waals surface area contributed by atoms with Gasteiger partial charge in [0.15, 0.2) is 0 Å². The van der Waals surface area contributed by atoms with Crippen LogP contribution in [0.2, 0.25) is 0 Å². The first-order valence-electron chi connectivity index (χ1n) is 11.3. The number of nitrogens with zero attached hydrogens (tertiary/aromatic N) is 2. The predicted octanol–water partition coefficient (Wildman–Crippen LogP) is 3.71. The summed E-state index contributed by atoms with van der Waals surface area (Å²) in [6, 6.07) is 12.3. The fourth-order valence-electron chi connectivity index (χ4n) is 3.63. The fraction of sp³-hybridized carbons (Fsp3) is 0.462. The van der Waals surface area contributed by atoms with Crippen LogP contribution in [-0.2, 0) is 26.2 Å². The Morgan fingerprint density at radius 3 is 2.03 bits per heavy atom. The van der Waals surface area contributed by atoms with Crippen molar-refractivity contribution in [1.29, 1.82) is 0 Å². The molecule has 0 aliphatic rings. The van der Waals surface area contributed by atoms with Gasteiger partial charge >= 0.3 is 0 Å². The van der Waals surface area contributed by atoms with E-state index in [1.54, 1.807) is 13.0 Å². The van der Waals surface area contributed by atoms with Crippen molar-refractivity contribution in [1.82, 2.24) is 10.2 Å². The minimum absolute atomic E-state index is 0.183. The molecule has 0 aliphatic carbocycles. The van der Waals surface area contributed by atoms with E-state index in [-0.39, 0.29) is 12.5 Å². The lowest BCUT2D eigenvalue weighted by molar-refractivity contribution is -0.140. The molecule has 2 rings (SSSR count). The summed E-state index contributed by atoms with van der Waals surface area (Å²) in [7, 11) is -3.75. The first-order valence-corrected chi connectivity index (χ1v) is 13.2. The maximum atomic E-state index is 13.6. The van der Waals surface area contributed by atoms with Gasteiger partial charge in [0.2, 0.25) is 21.8 Å². The monoisotopic (exact) mass is 487 g/mol. The van der Waals surface area contributed by atoms with E-state index in [2.05, 4.69) is 5.32 Å². The van der Waals surface area contributed by atoms with E-state index in [1.807, 2.05) is 77.9 Å². The van der Waals surface area contributed by atoms with Crippen LogP contribution in [0.5, 0.6) is 0 Å². The maximum Gasteiger partial charge on any atom is 0.244 e. The summed E-state index contributed by atoms with van der Waals surface area (Å²) in [5.74, 6) is -0.757. The summed E-state index contributed by atoms with van der Waals surface area (Å²) < 4.78 is 26.5. The third kappa shape index (κ3) is 7.58. The van der Waals surface area contributed by atoms with Crippen molar-refractivity contribution in [2.24, 2.45) is 0 Å². The summed E-state index contributed by atoms with van der Waals surface area (Å²) >= 11 is 0. The van der Waals surface area contributed by atoms with Gasteiger partial charge in [0.1, 0.15) is 12.6 Å². The van der Waals surface area contributed by atoms with Gasteiger partial charge in [0.05, 0.1) is 11.9 Å². The second kappa shape index (κ2) is 10.6. The SMILES string of the molecule is Cc1ccc(CN(C(=O)CN(c2ccc(C)cc2C)S(C)(=O)=O)C(C)C(=O)NC(C)(C)C)cc1. The molecule has 0 aromatic heterocycles. The molecule has 0 heterocycles. The van der Waals surface area contributed by atoms with Crippen molar-refractivity contribution in [2.45, 2.75) is 66.6 Å². The van der Waals surface area contributed by atoms with E-state index in [1.165, 1.54) is 4.90 Å². The number of nitrogens with one attached hydrogen (secondary N) is 1. The van der Waals surface area contributed by atoms with Crippen molar-refractivity contribution in [2.75, 3.05) is 17.1 Å². The second-order valence-corrected chi connectivity index (χ2v) is 11.9. The van der Waals surface area contributed by atoms with Crippen molar-refractivity contribution >= 4 is 27.5 Å². The van der Waals surface area contributed by atoms with Gasteiger partial charge in [-0.15, -0.1) is 0 Å². The van der Waals surface area contributed by atoms with Gasteiger partial charge in [0, 0.05) is 12.1 Å². The van der Waals surface area contributed by atoms with Gasteiger partial charge in [-0.2, -0.15) is 0 Å². The molecule has 2 aromatic carbocycles. The molecule has 0 aliphatic heterocycles. The molecule has 0 bridgehead atoms. The Kier molecular flexibility index (Phi) is 8.53. The van der Waals surface area contributed by atoms with E-state index in [0.717, 1.165) is 32.8 Å². The fourth-order valence-corrected chi connectivity index (χ4v) is 4.53. The molecular weight excluding hydrogens is 450 g/mol. The van der Waals surface area contributed by atoms with Gasteiger partial charge in [0.25, 0.3) is 0 Å². The van der Waals surface area contributed by atoms with Gasteiger partial charge in [-0.3, -0.25) is 13.9 Å². The number of amides is 2. The zero-order chi connectivity index (χ0) is 25.8.